The third-order valence-corrected chi connectivity index (χ3v) is 11.2. The zero-order chi connectivity index (χ0) is 26.1. The summed E-state index contributed by atoms with van der Waals surface area (Å²) < 4.78 is 15.0. The molecular formula is C34H26NO2P. The van der Waals surface area contributed by atoms with Gasteiger partial charge in [-0.05, 0) is 47.5 Å². The molecule has 0 unspecified atom stereocenters. The maximum atomic E-state index is 15.0. The molecule has 3 nitrogen and oxygen atoms in total. The molecule has 0 N–H and O–H groups in total. The SMILES string of the molecule is CC1(C)c2ccccc2N(c2ccc(P3(=O)c4ccccc4C(=O)c4ccccc43)cc2)c2ccccc21. The van der Waals surface area contributed by atoms with Crippen molar-refractivity contribution in [2.24, 2.45) is 0 Å². The molecule has 2 aliphatic heterocycles. The first kappa shape index (κ1) is 23.0. The number of hydrogen-bond acceptors (Lipinski definition) is 3. The third kappa shape index (κ3) is 3.03. The summed E-state index contributed by atoms with van der Waals surface area (Å²) in [7, 11) is -3.24. The molecule has 2 heterocycles. The fourth-order valence-corrected chi connectivity index (χ4v) is 9.20. The second kappa shape index (κ2) is 8.15. The van der Waals surface area contributed by atoms with Crippen LogP contribution in [0.1, 0.15) is 40.9 Å². The Labute approximate surface area is 222 Å². The van der Waals surface area contributed by atoms with Crippen molar-refractivity contribution in [2.45, 2.75) is 19.3 Å². The van der Waals surface area contributed by atoms with Gasteiger partial charge in [0.05, 0.1) is 11.4 Å². The summed E-state index contributed by atoms with van der Waals surface area (Å²) in [5, 5.41) is 1.96. The average Bonchev–Trinajstić information content (AvgIpc) is 2.96. The molecule has 2 aliphatic rings. The second-order valence-corrected chi connectivity index (χ2v) is 13.2. The number of para-hydroxylation sites is 2. The first-order valence-corrected chi connectivity index (χ1v) is 14.6. The molecule has 0 aromatic heterocycles. The molecule has 0 saturated heterocycles. The summed E-state index contributed by atoms with van der Waals surface area (Å²) in [6.45, 7) is 4.55. The Morgan fingerprint density at radius 3 is 1.55 bits per heavy atom. The molecule has 0 amide bonds. The van der Waals surface area contributed by atoms with E-state index in [1.165, 1.54) is 11.1 Å². The Bertz CT molecular complexity index is 1700. The Balaban J connectivity index is 1.41. The molecule has 0 spiro atoms. The van der Waals surface area contributed by atoms with Crippen LogP contribution in [0.2, 0.25) is 0 Å². The Morgan fingerprint density at radius 2 is 1.03 bits per heavy atom. The average molecular weight is 512 g/mol. The molecule has 0 aliphatic carbocycles. The normalized spacial score (nSPS) is 16.2. The summed E-state index contributed by atoms with van der Waals surface area (Å²) in [6.07, 6.45) is 0. The van der Waals surface area contributed by atoms with E-state index in [9.17, 15) is 4.79 Å². The maximum Gasteiger partial charge on any atom is 0.194 e. The van der Waals surface area contributed by atoms with Crippen LogP contribution >= 0.6 is 7.14 Å². The van der Waals surface area contributed by atoms with Gasteiger partial charge in [-0.15, -0.1) is 0 Å². The van der Waals surface area contributed by atoms with Gasteiger partial charge in [0.1, 0.15) is 0 Å². The van der Waals surface area contributed by atoms with E-state index in [0.29, 0.717) is 21.7 Å². The predicted octanol–water partition coefficient (Wildman–Crippen LogP) is 6.98. The molecule has 5 aromatic rings. The van der Waals surface area contributed by atoms with E-state index in [0.717, 1.165) is 22.4 Å². The number of hydrogen-bond donors (Lipinski definition) is 0. The largest absolute Gasteiger partial charge is 0.310 e. The van der Waals surface area contributed by atoms with Gasteiger partial charge in [0.2, 0.25) is 0 Å². The molecule has 0 saturated carbocycles. The highest BCUT2D eigenvalue weighted by Crippen LogP contribution is 2.52. The standard InChI is InChI=1S/C34H26NO2P/c1-34(2)27-13-5-7-15-29(27)35(30-16-8-6-14-28(30)34)23-19-21-24(22-20-23)38(37)31-17-9-3-11-25(31)33(36)26-12-4-10-18-32(26)38/h3-22H,1-2H3. The highest BCUT2D eigenvalue weighted by molar-refractivity contribution is 7.85. The van der Waals surface area contributed by atoms with E-state index >= 15 is 4.57 Å². The van der Waals surface area contributed by atoms with Gasteiger partial charge in [0, 0.05) is 38.1 Å². The number of anilines is 3. The van der Waals surface area contributed by atoms with Crippen LogP contribution in [0.3, 0.4) is 0 Å². The number of rotatable bonds is 2. The summed E-state index contributed by atoms with van der Waals surface area (Å²) in [5.74, 6) is -0.0663. The molecule has 184 valence electrons. The highest BCUT2D eigenvalue weighted by Gasteiger charge is 2.41. The van der Waals surface area contributed by atoms with Gasteiger partial charge >= 0.3 is 0 Å². The molecule has 4 heteroatoms. The molecule has 0 fully saturated rings. The lowest BCUT2D eigenvalue weighted by Gasteiger charge is -2.42. The van der Waals surface area contributed by atoms with Gasteiger partial charge in [-0.25, -0.2) is 0 Å². The summed E-state index contributed by atoms with van der Waals surface area (Å²) in [5.41, 5.74) is 6.76. The predicted molar refractivity (Wildman–Crippen MR) is 156 cm³/mol. The number of carbonyl (C=O) groups is 1. The Hall–Kier alpha value is -4.20. The molecule has 38 heavy (non-hydrogen) atoms. The smallest absolute Gasteiger partial charge is 0.194 e. The van der Waals surface area contributed by atoms with Crippen molar-refractivity contribution in [2.75, 3.05) is 4.90 Å². The lowest BCUT2D eigenvalue weighted by atomic mass is 9.73. The van der Waals surface area contributed by atoms with Crippen LogP contribution < -0.4 is 20.8 Å². The quantitative estimate of drug-likeness (QED) is 0.236. The van der Waals surface area contributed by atoms with Crippen molar-refractivity contribution < 1.29 is 9.36 Å². The van der Waals surface area contributed by atoms with E-state index in [4.69, 9.17) is 0 Å². The van der Waals surface area contributed by atoms with Gasteiger partial charge < -0.3 is 9.46 Å². The third-order valence-electron chi connectivity index (χ3n) is 8.08. The van der Waals surface area contributed by atoms with E-state index < -0.39 is 7.14 Å². The van der Waals surface area contributed by atoms with Crippen molar-refractivity contribution in [1.82, 2.24) is 0 Å². The van der Waals surface area contributed by atoms with Gasteiger partial charge in [0.25, 0.3) is 0 Å². The van der Waals surface area contributed by atoms with Crippen LogP contribution in [0.4, 0.5) is 17.1 Å². The first-order chi connectivity index (χ1) is 18.4. The van der Waals surface area contributed by atoms with E-state index in [1.807, 2.05) is 48.5 Å². The van der Waals surface area contributed by atoms with Crippen molar-refractivity contribution in [3.63, 3.8) is 0 Å². The van der Waals surface area contributed by atoms with Gasteiger partial charge in [0.15, 0.2) is 12.9 Å². The second-order valence-electron chi connectivity index (χ2n) is 10.5. The minimum Gasteiger partial charge on any atom is -0.310 e. The zero-order valence-electron chi connectivity index (χ0n) is 21.3. The molecule has 0 bridgehead atoms. The van der Waals surface area contributed by atoms with Crippen LogP contribution in [0, 0.1) is 0 Å². The van der Waals surface area contributed by atoms with Crippen LogP contribution in [0.15, 0.2) is 121 Å². The van der Waals surface area contributed by atoms with Crippen LogP contribution in [-0.4, -0.2) is 5.78 Å². The number of ketones is 1. The minimum absolute atomic E-state index is 0.0663. The van der Waals surface area contributed by atoms with E-state index in [2.05, 4.69) is 79.4 Å². The highest BCUT2D eigenvalue weighted by atomic mass is 31.2. The van der Waals surface area contributed by atoms with Crippen molar-refractivity contribution >= 4 is 45.9 Å². The van der Waals surface area contributed by atoms with E-state index in [-0.39, 0.29) is 11.2 Å². The lowest BCUT2D eigenvalue weighted by molar-refractivity contribution is 0.104. The van der Waals surface area contributed by atoms with Crippen LogP contribution in [0.25, 0.3) is 0 Å². The first-order valence-electron chi connectivity index (χ1n) is 12.9. The fourth-order valence-electron chi connectivity index (χ4n) is 6.19. The topological polar surface area (TPSA) is 37.4 Å². The zero-order valence-corrected chi connectivity index (χ0v) is 22.2. The minimum atomic E-state index is -3.24. The molecule has 5 aromatic carbocycles. The monoisotopic (exact) mass is 511 g/mol. The fraction of sp³-hybridized carbons (Fsp3) is 0.0882. The number of carbonyl (C=O) groups excluding carboxylic acids is 1. The van der Waals surface area contributed by atoms with Gasteiger partial charge in [-0.3, -0.25) is 4.79 Å². The van der Waals surface area contributed by atoms with Crippen LogP contribution in [0.5, 0.6) is 0 Å². The molecule has 0 radical (unpaired) electrons. The van der Waals surface area contributed by atoms with Crippen molar-refractivity contribution in [3.05, 3.63) is 144 Å². The lowest BCUT2D eigenvalue weighted by Crippen LogP contribution is -2.37. The van der Waals surface area contributed by atoms with Gasteiger partial charge in [-0.2, -0.15) is 0 Å². The maximum absolute atomic E-state index is 15.0. The summed E-state index contributed by atoms with van der Waals surface area (Å²) in [6, 6.07) is 39.8. The van der Waals surface area contributed by atoms with Crippen molar-refractivity contribution in [3.8, 4) is 0 Å². The van der Waals surface area contributed by atoms with Gasteiger partial charge in [-0.1, -0.05) is 98.8 Å². The molecule has 0 atom stereocenters. The number of fused-ring (bicyclic) bond motifs is 4. The van der Waals surface area contributed by atoms with E-state index in [1.54, 1.807) is 12.1 Å². The summed E-state index contributed by atoms with van der Waals surface area (Å²) in [4.78, 5) is 15.5. The molecular weight excluding hydrogens is 485 g/mol. The Morgan fingerprint density at radius 1 is 0.579 bits per heavy atom. The molecule has 7 rings (SSSR count). The Kier molecular flexibility index (Phi) is 4.92. The van der Waals surface area contributed by atoms with Crippen LogP contribution in [-0.2, 0) is 9.98 Å². The summed E-state index contributed by atoms with van der Waals surface area (Å²) >= 11 is 0. The number of benzene rings is 5. The number of nitrogens with zero attached hydrogens (tertiary/aromatic N) is 1. The van der Waals surface area contributed by atoms with Crippen molar-refractivity contribution in [1.29, 1.82) is 0 Å².